The molecular formula is C17H15NO6. The van der Waals surface area contributed by atoms with Crippen LogP contribution in [0.25, 0.3) is 17.4 Å². The molecule has 2 aromatic rings. The highest BCUT2D eigenvalue weighted by atomic mass is 16.5. The van der Waals surface area contributed by atoms with Gasteiger partial charge in [0.25, 0.3) is 0 Å². The van der Waals surface area contributed by atoms with Crippen LogP contribution in [-0.2, 0) is 14.3 Å². The van der Waals surface area contributed by atoms with Crippen molar-refractivity contribution in [3.05, 3.63) is 53.3 Å². The second-order valence-electron chi connectivity index (χ2n) is 4.72. The Morgan fingerprint density at radius 1 is 1.00 bits per heavy atom. The molecule has 0 aliphatic rings. The van der Waals surface area contributed by atoms with Gasteiger partial charge in [-0.15, -0.1) is 0 Å². The molecule has 0 fully saturated rings. The molecule has 0 unspecified atom stereocenters. The molecule has 7 nitrogen and oxygen atoms in total. The fraction of sp³-hybridized carbons (Fsp3) is 0.118. The predicted molar refractivity (Wildman–Crippen MR) is 85.1 cm³/mol. The Morgan fingerprint density at radius 3 is 2.08 bits per heavy atom. The Morgan fingerprint density at radius 2 is 1.58 bits per heavy atom. The van der Waals surface area contributed by atoms with E-state index in [1.807, 2.05) is 0 Å². The molecule has 0 radical (unpaired) electrons. The summed E-state index contributed by atoms with van der Waals surface area (Å²) in [6, 6.07) is 7.69. The third-order valence-electron chi connectivity index (χ3n) is 3.10. The van der Waals surface area contributed by atoms with E-state index in [4.69, 9.17) is 10.2 Å². The van der Waals surface area contributed by atoms with Crippen LogP contribution in [0, 0.1) is 0 Å². The van der Waals surface area contributed by atoms with Gasteiger partial charge in [0.15, 0.2) is 0 Å². The summed E-state index contributed by atoms with van der Waals surface area (Å²) in [6.45, 7) is 0. The summed E-state index contributed by atoms with van der Waals surface area (Å²) in [4.78, 5) is 34.3. The maximum absolute atomic E-state index is 11.8. The van der Waals surface area contributed by atoms with Gasteiger partial charge in [-0.2, -0.15) is 0 Å². The highest BCUT2D eigenvalue weighted by Gasteiger charge is 2.16. The van der Waals surface area contributed by atoms with Gasteiger partial charge < -0.3 is 19.6 Å². The van der Waals surface area contributed by atoms with Crippen molar-refractivity contribution in [2.24, 2.45) is 5.73 Å². The Hall–Kier alpha value is -3.35. The smallest absolute Gasteiger partial charge is 0.337 e. The normalized spacial score (nSPS) is 10.6. The van der Waals surface area contributed by atoms with Crippen molar-refractivity contribution in [2.75, 3.05) is 14.2 Å². The first-order valence-electron chi connectivity index (χ1n) is 6.84. The van der Waals surface area contributed by atoms with Crippen LogP contribution < -0.4 is 5.73 Å². The molecule has 7 heteroatoms. The number of primary amides is 1. The summed E-state index contributed by atoms with van der Waals surface area (Å²) in [5.41, 5.74) is 5.87. The molecule has 2 rings (SSSR count). The number of carbonyl (C=O) groups excluding carboxylic acids is 3. The molecule has 0 aliphatic heterocycles. The molecule has 124 valence electrons. The van der Waals surface area contributed by atoms with E-state index in [1.54, 1.807) is 12.1 Å². The average molecular weight is 329 g/mol. The number of nitrogens with two attached hydrogens (primary N) is 1. The fourth-order valence-corrected chi connectivity index (χ4v) is 2.00. The van der Waals surface area contributed by atoms with Gasteiger partial charge in [-0.05, 0) is 36.4 Å². The van der Waals surface area contributed by atoms with Crippen LogP contribution in [-0.4, -0.2) is 32.1 Å². The summed E-state index contributed by atoms with van der Waals surface area (Å²) in [6.07, 6.45) is 2.57. The minimum Gasteiger partial charge on any atom is -0.465 e. The minimum atomic E-state index is -0.603. The third kappa shape index (κ3) is 3.89. The van der Waals surface area contributed by atoms with Crippen LogP contribution in [0.1, 0.15) is 26.5 Å². The Kier molecular flexibility index (Phi) is 5.16. The number of hydrogen-bond acceptors (Lipinski definition) is 6. The van der Waals surface area contributed by atoms with Crippen molar-refractivity contribution in [3.8, 4) is 11.3 Å². The first kappa shape index (κ1) is 17.0. The standard InChI is InChI=1S/C17H15NO6/c1-22-16(20)11-7-10(8-12(9-11)17(21)23-2)14-5-3-13(24-14)4-6-15(18)19/h3-9H,1-2H3,(H2,18,19)/b6-4+. The highest BCUT2D eigenvalue weighted by molar-refractivity contribution is 5.97. The lowest BCUT2D eigenvalue weighted by Gasteiger charge is -2.06. The van der Waals surface area contributed by atoms with Crippen LogP contribution in [0.4, 0.5) is 0 Å². The Labute approximate surface area is 137 Å². The topological polar surface area (TPSA) is 109 Å². The first-order chi connectivity index (χ1) is 11.4. The molecule has 1 amide bonds. The van der Waals surface area contributed by atoms with Crippen LogP contribution >= 0.6 is 0 Å². The number of amides is 1. The number of rotatable bonds is 5. The van der Waals surface area contributed by atoms with Gasteiger partial charge in [-0.3, -0.25) is 4.79 Å². The van der Waals surface area contributed by atoms with Crippen molar-refractivity contribution in [2.45, 2.75) is 0 Å². The van der Waals surface area contributed by atoms with E-state index in [-0.39, 0.29) is 11.1 Å². The van der Waals surface area contributed by atoms with E-state index in [2.05, 4.69) is 9.47 Å². The zero-order valence-corrected chi connectivity index (χ0v) is 13.1. The first-order valence-corrected chi connectivity index (χ1v) is 6.84. The van der Waals surface area contributed by atoms with Crippen molar-refractivity contribution in [1.29, 1.82) is 0 Å². The molecule has 0 spiro atoms. The lowest BCUT2D eigenvalue weighted by Crippen LogP contribution is -2.06. The van der Waals surface area contributed by atoms with Gasteiger partial charge in [0.05, 0.1) is 25.3 Å². The monoisotopic (exact) mass is 329 g/mol. The Balaban J connectivity index is 2.47. The molecule has 0 atom stereocenters. The van der Waals surface area contributed by atoms with E-state index in [0.29, 0.717) is 17.1 Å². The summed E-state index contributed by atoms with van der Waals surface area (Å²) < 4.78 is 14.9. The molecule has 0 aliphatic carbocycles. The van der Waals surface area contributed by atoms with E-state index in [0.717, 1.165) is 6.08 Å². The summed E-state index contributed by atoms with van der Waals surface area (Å²) in [7, 11) is 2.49. The van der Waals surface area contributed by atoms with Gasteiger partial charge in [0.2, 0.25) is 5.91 Å². The molecule has 24 heavy (non-hydrogen) atoms. The predicted octanol–water partition coefficient (Wildman–Crippen LogP) is 2.02. The van der Waals surface area contributed by atoms with E-state index < -0.39 is 17.8 Å². The molecule has 0 bridgehead atoms. The number of furan rings is 1. The number of benzene rings is 1. The zero-order valence-electron chi connectivity index (χ0n) is 13.1. The van der Waals surface area contributed by atoms with Gasteiger partial charge in [0, 0.05) is 11.6 Å². The van der Waals surface area contributed by atoms with Crippen LogP contribution in [0.5, 0.6) is 0 Å². The van der Waals surface area contributed by atoms with E-state index >= 15 is 0 Å². The second kappa shape index (κ2) is 7.28. The maximum Gasteiger partial charge on any atom is 0.337 e. The molecule has 0 saturated heterocycles. The van der Waals surface area contributed by atoms with Gasteiger partial charge in [-0.1, -0.05) is 0 Å². The largest absolute Gasteiger partial charge is 0.465 e. The Bertz CT molecular complexity index is 784. The quantitative estimate of drug-likeness (QED) is 0.664. The lowest BCUT2D eigenvalue weighted by molar-refractivity contribution is -0.113. The second-order valence-corrected chi connectivity index (χ2v) is 4.72. The van der Waals surface area contributed by atoms with Crippen molar-refractivity contribution < 1.29 is 28.3 Å². The SMILES string of the molecule is COC(=O)c1cc(C(=O)OC)cc(-c2ccc(/C=C/C(N)=O)o2)c1. The van der Waals surface area contributed by atoms with E-state index in [1.165, 1.54) is 38.5 Å². The van der Waals surface area contributed by atoms with Crippen molar-refractivity contribution >= 4 is 23.9 Å². The summed E-state index contributed by atoms with van der Waals surface area (Å²) in [5.74, 6) is -1.000. The van der Waals surface area contributed by atoms with E-state index in [9.17, 15) is 14.4 Å². The molecule has 2 N–H and O–H groups in total. The molecular weight excluding hydrogens is 314 g/mol. The molecule has 0 saturated carbocycles. The van der Waals surface area contributed by atoms with Crippen LogP contribution in [0.3, 0.4) is 0 Å². The summed E-state index contributed by atoms with van der Waals surface area (Å²) in [5, 5.41) is 0. The number of hydrogen-bond donors (Lipinski definition) is 1. The highest BCUT2D eigenvalue weighted by Crippen LogP contribution is 2.26. The number of esters is 2. The zero-order chi connectivity index (χ0) is 17.7. The third-order valence-corrected chi connectivity index (χ3v) is 3.10. The van der Waals surface area contributed by atoms with Crippen molar-refractivity contribution in [1.82, 2.24) is 0 Å². The summed E-state index contributed by atoms with van der Waals surface area (Å²) >= 11 is 0. The maximum atomic E-state index is 11.8. The van der Waals surface area contributed by atoms with Gasteiger partial charge in [-0.25, -0.2) is 9.59 Å². The van der Waals surface area contributed by atoms with Gasteiger partial charge in [0.1, 0.15) is 11.5 Å². The fourth-order valence-electron chi connectivity index (χ4n) is 2.00. The van der Waals surface area contributed by atoms with Crippen LogP contribution in [0.15, 0.2) is 40.8 Å². The molecule has 1 aromatic heterocycles. The number of carbonyl (C=O) groups is 3. The number of methoxy groups -OCH3 is 2. The van der Waals surface area contributed by atoms with Crippen molar-refractivity contribution in [3.63, 3.8) is 0 Å². The number of ether oxygens (including phenoxy) is 2. The minimum absolute atomic E-state index is 0.182. The average Bonchev–Trinajstić information content (AvgIpc) is 3.07. The molecule has 1 aromatic carbocycles. The van der Waals surface area contributed by atoms with Gasteiger partial charge >= 0.3 is 11.9 Å². The van der Waals surface area contributed by atoms with Crippen LogP contribution in [0.2, 0.25) is 0 Å². The molecule has 1 heterocycles. The lowest BCUT2D eigenvalue weighted by atomic mass is 10.0.